The van der Waals surface area contributed by atoms with E-state index in [0.29, 0.717) is 6.10 Å². The molecule has 14 heavy (non-hydrogen) atoms. The summed E-state index contributed by atoms with van der Waals surface area (Å²) in [5, 5.41) is 0. The summed E-state index contributed by atoms with van der Waals surface area (Å²) in [6.45, 7) is 0.980. The first kappa shape index (κ1) is 14.9. The van der Waals surface area contributed by atoms with Crippen LogP contribution in [0.5, 0.6) is 0 Å². The molecule has 4 heteroatoms. The van der Waals surface area contributed by atoms with Crippen LogP contribution in [0.3, 0.4) is 0 Å². The first-order valence-electron chi connectivity index (χ1n) is 4.58. The van der Waals surface area contributed by atoms with Gasteiger partial charge in [-0.05, 0) is 0 Å². The van der Waals surface area contributed by atoms with Gasteiger partial charge in [-0.3, -0.25) is 0 Å². The van der Waals surface area contributed by atoms with Crippen molar-refractivity contribution >= 4 is 0 Å². The molecule has 0 radical (unpaired) electrons. The zero-order chi connectivity index (χ0) is 8.39. The number of halogens is 2. The Kier molecular flexibility index (Phi) is 7.69. The summed E-state index contributed by atoms with van der Waals surface area (Å²) in [4.78, 5) is 0. The monoisotopic (exact) mass is 309 g/mol. The van der Waals surface area contributed by atoms with E-state index in [-0.39, 0.29) is 24.8 Å². The van der Waals surface area contributed by atoms with Crippen LogP contribution in [0.1, 0.15) is 25.7 Å². The van der Waals surface area contributed by atoms with Gasteiger partial charge in [0.05, 0.1) is 0 Å². The molecule has 0 bridgehead atoms. The zero-order valence-electron chi connectivity index (χ0n) is 7.93. The third-order valence-corrected chi connectivity index (χ3v) is 3.79. The number of hydrogen-bond acceptors (Lipinski definition) is 1. The summed E-state index contributed by atoms with van der Waals surface area (Å²) in [6, 6.07) is 0. The van der Waals surface area contributed by atoms with E-state index in [2.05, 4.69) is 12.2 Å². The molecule has 2 aliphatic rings. The Labute approximate surface area is 113 Å². The molecular weight excluding hydrogens is 298 g/mol. The summed E-state index contributed by atoms with van der Waals surface area (Å²) in [6.07, 6.45) is 9.96. The SMILES string of the molecule is [Cl-].[Cl-].[Zr+2][C]1=C(CC2CCCO2)C=CC1. The Bertz CT molecular complexity index is 232. The van der Waals surface area contributed by atoms with Gasteiger partial charge in [0.1, 0.15) is 0 Å². The predicted octanol–water partition coefficient (Wildman–Crippen LogP) is -3.68. The standard InChI is InChI=1S/C10H13O.2ClH.Zr/c1-2-5-9(4-1)8-10-6-3-7-11-10;;;/h1,4,10H,2-3,6-8H2;2*1H;/q;;;+2/p-2. The molecule has 0 spiro atoms. The zero-order valence-corrected chi connectivity index (χ0v) is 11.9. The Morgan fingerprint density at radius 1 is 1.43 bits per heavy atom. The first-order chi connectivity index (χ1) is 5.86. The molecule has 77 valence electrons. The second-order valence-electron chi connectivity index (χ2n) is 3.45. The average Bonchev–Trinajstić information content (AvgIpc) is 2.65. The van der Waals surface area contributed by atoms with E-state index < -0.39 is 0 Å². The molecule has 1 fully saturated rings. The topological polar surface area (TPSA) is 9.23 Å². The van der Waals surface area contributed by atoms with Crippen LogP contribution in [-0.2, 0) is 29.5 Å². The predicted molar refractivity (Wildman–Crippen MR) is 44.4 cm³/mol. The molecule has 0 N–H and O–H groups in total. The van der Waals surface area contributed by atoms with Crippen LogP contribution in [0.2, 0.25) is 0 Å². The van der Waals surface area contributed by atoms with Gasteiger partial charge in [-0.15, -0.1) is 0 Å². The minimum atomic E-state index is 0. The second kappa shape index (κ2) is 7.22. The van der Waals surface area contributed by atoms with Gasteiger partial charge in [0.2, 0.25) is 0 Å². The third kappa shape index (κ3) is 3.81. The van der Waals surface area contributed by atoms with Gasteiger partial charge in [0.15, 0.2) is 0 Å². The van der Waals surface area contributed by atoms with Gasteiger partial charge in [-0.25, -0.2) is 0 Å². The van der Waals surface area contributed by atoms with Gasteiger partial charge in [0.25, 0.3) is 0 Å². The molecular formula is C10H13Cl2OZr. The van der Waals surface area contributed by atoms with Crippen molar-refractivity contribution in [2.45, 2.75) is 31.8 Å². The van der Waals surface area contributed by atoms with Crippen LogP contribution in [0.4, 0.5) is 0 Å². The number of allylic oxidation sites excluding steroid dienone is 3. The quantitative estimate of drug-likeness (QED) is 0.511. The number of hydrogen-bond donors (Lipinski definition) is 0. The van der Waals surface area contributed by atoms with Crippen molar-refractivity contribution < 1.29 is 54.3 Å². The van der Waals surface area contributed by atoms with Crippen LogP contribution < -0.4 is 24.8 Å². The van der Waals surface area contributed by atoms with Gasteiger partial charge in [-0.1, -0.05) is 0 Å². The molecule has 0 aromatic rings. The van der Waals surface area contributed by atoms with Gasteiger partial charge < -0.3 is 24.8 Å². The summed E-state index contributed by atoms with van der Waals surface area (Å²) < 4.78 is 7.23. The van der Waals surface area contributed by atoms with Crippen LogP contribution in [0.25, 0.3) is 0 Å². The van der Waals surface area contributed by atoms with Crippen molar-refractivity contribution in [1.29, 1.82) is 0 Å². The van der Waals surface area contributed by atoms with Crippen LogP contribution >= 0.6 is 0 Å². The summed E-state index contributed by atoms with van der Waals surface area (Å²) in [5.74, 6) is 0. The molecule has 2 rings (SSSR count). The summed E-state index contributed by atoms with van der Waals surface area (Å²) in [5.41, 5.74) is 1.56. The summed E-state index contributed by atoms with van der Waals surface area (Å²) in [7, 11) is 0. The Morgan fingerprint density at radius 2 is 2.21 bits per heavy atom. The average molecular weight is 311 g/mol. The van der Waals surface area contributed by atoms with Crippen molar-refractivity contribution in [3.8, 4) is 0 Å². The number of rotatable bonds is 2. The molecule has 1 aliphatic heterocycles. The molecule has 0 saturated carbocycles. The van der Waals surface area contributed by atoms with E-state index in [1.54, 1.807) is 33.6 Å². The third-order valence-electron chi connectivity index (χ3n) is 2.50. The molecule has 1 unspecified atom stereocenters. The van der Waals surface area contributed by atoms with Gasteiger partial charge in [-0.2, -0.15) is 0 Å². The molecule has 1 atom stereocenters. The first-order valence-corrected chi connectivity index (χ1v) is 5.81. The Morgan fingerprint density at radius 3 is 2.71 bits per heavy atom. The van der Waals surface area contributed by atoms with Crippen LogP contribution in [0.15, 0.2) is 21.0 Å². The molecule has 1 nitrogen and oxygen atoms in total. The van der Waals surface area contributed by atoms with E-state index in [1.807, 2.05) is 0 Å². The minimum absolute atomic E-state index is 0. The maximum absolute atomic E-state index is 5.61. The molecule has 0 amide bonds. The summed E-state index contributed by atoms with van der Waals surface area (Å²) >= 11 is 1.58. The van der Waals surface area contributed by atoms with Gasteiger partial charge >= 0.3 is 88.9 Å². The van der Waals surface area contributed by atoms with Gasteiger partial charge in [0, 0.05) is 0 Å². The van der Waals surface area contributed by atoms with Crippen molar-refractivity contribution in [1.82, 2.24) is 0 Å². The van der Waals surface area contributed by atoms with E-state index in [1.165, 1.54) is 19.3 Å². The van der Waals surface area contributed by atoms with Crippen LogP contribution in [-0.4, -0.2) is 12.7 Å². The normalized spacial score (nSPS) is 24.9. The Balaban J connectivity index is 0.000000845. The van der Waals surface area contributed by atoms with Crippen molar-refractivity contribution in [3.05, 3.63) is 21.0 Å². The fourth-order valence-corrected chi connectivity index (χ4v) is 2.54. The molecule has 1 aliphatic carbocycles. The van der Waals surface area contributed by atoms with Crippen molar-refractivity contribution in [2.24, 2.45) is 0 Å². The second-order valence-corrected chi connectivity index (χ2v) is 4.93. The fourth-order valence-electron chi connectivity index (χ4n) is 1.79. The molecule has 1 saturated heterocycles. The Hall–Kier alpha value is 0.903. The van der Waals surface area contributed by atoms with E-state index in [9.17, 15) is 0 Å². The van der Waals surface area contributed by atoms with Crippen LogP contribution in [0, 0.1) is 0 Å². The molecule has 1 heterocycles. The maximum atomic E-state index is 5.61. The molecule has 0 aromatic heterocycles. The van der Waals surface area contributed by atoms with Crippen molar-refractivity contribution in [2.75, 3.05) is 6.61 Å². The van der Waals surface area contributed by atoms with Crippen molar-refractivity contribution in [3.63, 3.8) is 0 Å². The van der Waals surface area contributed by atoms with E-state index >= 15 is 0 Å². The van der Waals surface area contributed by atoms with E-state index in [0.717, 1.165) is 13.0 Å². The van der Waals surface area contributed by atoms with E-state index in [4.69, 9.17) is 4.74 Å². The number of ether oxygens (including phenoxy) is 1. The fraction of sp³-hybridized carbons (Fsp3) is 0.600. The molecule has 0 aromatic carbocycles.